The second-order valence-corrected chi connectivity index (χ2v) is 7.63. The van der Waals surface area contributed by atoms with Crippen molar-refractivity contribution >= 4 is 23.5 Å². The first kappa shape index (κ1) is 17.9. The molecule has 1 N–H and O–H groups in total. The maximum Gasteiger partial charge on any atom is 0.227 e. The largest absolute Gasteiger partial charge is 0.497 e. The molecule has 0 spiro atoms. The summed E-state index contributed by atoms with van der Waals surface area (Å²) in [4.78, 5) is 17.5. The first-order valence-electron chi connectivity index (χ1n) is 9.00. The van der Waals surface area contributed by atoms with Gasteiger partial charge in [-0.3, -0.25) is 4.79 Å². The van der Waals surface area contributed by atoms with Crippen LogP contribution in [-0.2, 0) is 4.79 Å². The summed E-state index contributed by atoms with van der Waals surface area (Å²) in [5.74, 6) is 3.08. The molecule has 0 amide bonds. The van der Waals surface area contributed by atoms with Crippen LogP contribution >= 0.6 is 11.8 Å². The molecule has 142 valence electrons. The standard InChI is InChI=1S/C19H22N4O3S/c1-4-27-19-21-18-20-13-6-5-7-14(24)16(13)17(23(18)22-19)12-10-11(25-2)8-9-15(12)26-3/h8-10,17H,4-7H2,1-3H3,(H,20,21,22)/t17-/m0/s1. The van der Waals surface area contributed by atoms with Crippen LogP contribution in [0.4, 0.5) is 5.95 Å². The van der Waals surface area contributed by atoms with E-state index in [9.17, 15) is 4.79 Å². The summed E-state index contributed by atoms with van der Waals surface area (Å²) in [7, 11) is 3.26. The number of rotatable bonds is 5. The van der Waals surface area contributed by atoms with Gasteiger partial charge in [-0.15, -0.1) is 5.10 Å². The molecule has 0 unspecified atom stereocenters. The third-order valence-electron chi connectivity index (χ3n) is 4.85. The van der Waals surface area contributed by atoms with Crippen molar-refractivity contribution in [1.82, 2.24) is 14.8 Å². The number of hydrogen-bond acceptors (Lipinski definition) is 7. The van der Waals surface area contributed by atoms with Gasteiger partial charge in [0.15, 0.2) is 5.78 Å². The SMILES string of the molecule is CCSc1nc2n(n1)[C@@H](c1cc(OC)ccc1OC)C1=C(CCCC1=O)N2. The van der Waals surface area contributed by atoms with Crippen molar-refractivity contribution in [2.45, 2.75) is 37.4 Å². The van der Waals surface area contributed by atoms with E-state index in [1.807, 2.05) is 18.2 Å². The number of ether oxygens (including phenoxy) is 2. The highest BCUT2D eigenvalue weighted by atomic mass is 32.2. The molecule has 27 heavy (non-hydrogen) atoms. The number of aromatic nitrogens is 3. The van der Waals surface area contributed by atoms with Crippen molar-refractivity contribution < 1.29 is 14.3 Å². The molecule has 8 heteroatoms. The summed E-state index contributed by atoms with van der Waals surface area (Å²) in [6.45, 7) is 2.06. The third-order valence-corrected chi connectivity index (χ3v) is 5.57. The number of hydrogen-bond donors (Lipinski definition) is 1. The number of carbonyl (C=O) groups is 1. The molecule has 0 radical (unpaired) electrons. The highest BCUT2D eigenvalue weighted by Crippen LogP contribution is 2.44. The fraction of sp³-hybridized carbons (Fsp3) is 0.421. The predicted octanol–water partition coefficient (Wildman–Crippen LogP) is 3.43. The molecule has 1 atom stereocenters. The Hall–Kier alpha value is -2.48. The lowest BCUT2D eigenvalue weighted by atomic mass is 9.85. The number of Topliss-reactive ketones (excluding diaryl/α,β-unsaturated/α-hetero) is 1. The van der Waals surface area contributed by atoms with Gasteiger partial charge in [0.05, 0.1) is 14.2 Å². The number of benzene rings is 1. The van der Waals surface area contributed by atoms with Crippen LogP contribution in [0.15, 0.2) is 34.6 Å². The van der Waals surface area contributed by atoms with Gasteiger partial charge in [0.2, 0.25) is 11.1 Å². The molecule has 0 fully saturated rings. The lowest BCUT2D eigenvalue weighted by Crippen LogP contribution is -2.31. The van der Waals surface area contributed by atoms with Crippen LogP contribution in [0.1, 0.15) is 37.8 Å². The lowest BCUT2D eigenvalue weighted by molar-refractivity contribution is -0.116. The van der Waals surface area contributed by atoms with E-state index in [4.69, 9.17) is 9.47 Å². The maximum atomic E-state index is 12.9. The Labute approximate surface area is 162 Å². The van der Waals surface area contributed by atoms with Gasteiger partial charge in [-0.25, -0.2) is 4.68 Å². The number of ketones is 1. The molecular formula is C19H22N4O3S. The van der Waals surface area contributed by atoms with E-state index in [-0.39, 0.29) is 11.8 Å². The number of methoxy groups -OCH3 is 2. The van der Waals surface area contributed by atoms with Gasteiger partial charge < -0.3 is 14.8 Å². The highest BCUT2D eigenvalue weighted by Gasteiger charge is 2.38. The molecular weight excluding hydrogens is 364 g/mol. The van der Waals surface area contributed by atoms with Gasteiger partial charge in [-0.05, 0) is 36.8 Å². The fourth-order valence-electron chi connectivity index (χ4n) is 3.67. The zero-order chi connectivity index (χ0) is 19.0. The molecule has 0 saturated carbocycles. The minimum absolute atomic E-state index is 0.143. The van der Waals surface area contributed by atoms with Gasteiger partial charge in [0.1, 0.15) is 17.5 Å². The van der Waals surface area contributed by atoms with Crippen molar-refractivity contribution in [3.63, 3.8) is 0 Å². The molecule has 0 bridgehead atoms. The summed E-state index contributed by atoms with van der Waals surface area (Å²) in [6.07, 6.45) is 2.22. The zero-order valence-electron chi connectivity index (χ0n) is 15.6. The molecule has 4 rings (SSSR count). The van der Waals surface area contributed by atoms with E-state index in [0.717, 1.165) is 35.4 Å². The van der Waals surface area contributed by atoms with E-state index in [1.165, 1.54) is 0 Å². The molecule has 1 aromatic carbocycles. The Kier molecular flexibility index (Phi) is 4.82. The van der Waals surface area contributed by atoms with Crippen LogP contribution in [0.2, 0.25) is 0 Å². The highest BCUT2D eigenvalue weighted by molar-refractivity contribution is 7.99. The quantitative estimate of drug-likeness (QED) is 0.789. The zero-order valence-corrected chi connectivity index (χ0v) is 16.4. The van der Waals surface area contributed by atoms with Crippen LogP contribution in [-0.4, -0.2) is 40.5 Å². The Bertz CT molecular complexity index is 922. The summed E-state index contributed by atoms with van der Waals surface area (Å²) < 4.78 is 12.8. The first-order valence-corrected chi connectivity index (χ1v) is 9.99. The first-order chi connectivity index (χ1) is 13.2. The summed E-state index contributed by atoms with van der Waals surface area (Å²) in [5, 5.41) is 8.71. The number of allylic oxidation sites excluding steroid dienone is 2. The minimum atomic E-state index is -0.382. The van der Waals surface area contributed by atoms with Crippen LogP contribution < -0.4 is 14.8 Å². The van der Waals surface area contributed by atoms with Gasteiger partial charge in [0, 0.05) is 23.3 Å². The lowest BCUT2D eigenvalue weighted by Gasteiger charge is -2.32. The van der Waals surface area contributed by atoms with Crippen molar-refractivity contribution in [3.05, 3.63) is 35.0 Å². The van der Waals surface area contributed by atoms with Crippen LogP contribution in [0.5, 0.6) is 11.5 Å². The van der Waals surface area contributed by atoms with E-state index in [1.54, 1.807) is 30.7 Å². The van der Waals surface area contributed by atoms with Gasteiger partial charge in [0.25, 0.3) is 0 Å². The number of thioether (sulfide) groups is 1. The van der Waals surface area contributed by atoms with Crippen LogP contribution in [0.25, 0.3) is 0 Å². The number of nitrogens with one attached hydrogen (secondary N) is 1. The Balaban J connectivity index is 1.93. The Morgan fingerprint density at radius 1 is 1.30 bits per heavy atom. The normalized spacial score (nSPS) is 18.6. The van der Waals surface area contributed by atoms with E-state index in [0.29, 0.717) is 29.0 Å². The number of nitrogens with zero attached hydrogens (tertiary/aromatic N) is 3. The Morgan fingerprint density at radius 3 is 2.89 bits per heavy atom. The summed E-state index contributed by atoms with van der Waals surface area (Å²) in [6, 6.07) is 5.25. The monoisotopic (exact) mass is 386 g/mol. The van der Waals surface area contributed by atoms with E-state index >= 15 is 0 Å². The van der Waals surface area contributed by atoms with Crippen molar-refractivity contribution in [3.8, 4) is 11.5 Å². The maximum absolute atomic E-state index is 12.9. The molecule has 1 aromatic heterocycles. The third kappa shape index (κ3) is 3.07. The summed E-state index contributed by atoms with van der Waals surface area (Å²) >= 11 is 1.58. The molecule has 0 saturated heterocycles. The summed E-state index contributed by atoms with van der Waals surface area (Å²) in [5.41, 5.74) is 2.53. The van der Waals surface area contributed by atoms with E-state index < -0.39 is 0 Å². The van der Waals surface area contributed by atoms with Gasteiger partial charge >= 0.3 is 0 Å². The van der Waals surface area contributed by atoms with Crippen molar-refractivity contribution in [1.29, 1.82) is 0 Å². The second kappa shape index (κ2) is 7.26. The molecule has 2 aromatic rings. The molecule has 2 heterocycles. The number of fused-ring (bicyclic) bond motifs is 1. The molecule has 7 nitrogen and oxygen atoms in total. The van der Waals surface area contributed by atoms with Crippen molar-refractivity contribution in [2.75, 3.05) is 25.3 Å². The molecule has 2 aliphatic rings. The van der Waals surface area contributed by atoms with Gasteiger partial charge in [-0.1, -0.05) is 18.7 Å². The average Bonchev–Trinajstić information content (AvgIpc) is 3.08. The average molecular weight is 386 g/mol. The Morgan fingerprint density at radius 2 is 2.15 bits per heavy atom. The molecule has 1 aliphatic carbocycles. The van der Waals surface area contributed by atoms with Crippen LogP contribution in [0, 0.1) is 0 Å². The van der Waals surface area contributed by atoms with Crippen molar-refractivity contribution in [2.24, 2.45) is 0 Å². The fourth-order valence-corrected chi connectivity index (χ4v) is 4.22. The predicted molar refractivity (Wildman–Crippen MR) is 104 cm³/mol. The van der Waals surface area contributed by atoms with Crippen LogP contribution in [0.3, 0.4) is 0 Å². The number of anilines is 1. The smallest absolute Gasteiger partial charge is 0.227 e. The van der Waals surface area contributed by atoms with Gasteiger partial charge in [-0.2, -0.15) is 4.98 Å². The minimum Gasteiger partial charge on any atom is -0.497 e. The van der Waals surface area contributed by atoms with E-state index in [2.05, 4.69) is 22.3 Å². The second-order valence-electron chi connectivity index (χ2n) is 6.40. The topological polar surface area (TPSA) is 78.3 Å². The number of carbonyl (C=O) groups excluding carboxylic acids is 1. The molecule has 1 aliphatic heterocycles.